The lowest BCUT2D eigenvalue weighted by Crippen LogP contribution is -2.35. The Bertz CT molecular complexity index is 150. The molecule has 1 aliphatic heterocycles. The van der Waals surface area contributed by atoms with Crippen molar-refractivity contribution in [3.8, 4) is 0 Å². The van der Waals surface area contributed by atoms with Crippen LogP contribution in [0.3, 0.4) is 0 Å². The highest BCUT2D eigenvalue weighted by molar-refractivity contribution is 4.85. The van der Waals surface area contributed by atoms with E-state index in [1.807, 2.05) is 6.92 Å². The molecule has 0 aromatic carbocycles. The van der Waals surface area contributed by atoms with Crippen molar-refractivity contribution >= 4 is 0 Å². The minimum absolute atomic E-state index is 0.354. The lowest BCUT2D eigenvalue weighted by molar-refractivity contribution is 0.0701. The Kier molecular flexibility index (Phi) is 6.17. The summed E-state index contributed by atoms with van der Waals surface area (Å²) in [5, 5.41) is 0. The number of likely N-dealkylation sites (tertiary alicyclic amines) is 1. The largest absolute Gasteiger partial charge is 0.383 e. The molecule has 1 rings (SSSR count). The molecule has 0 aromatic rings. The normalized spacial score (nSPS) is 27.4. The summed E-state index contributed by atoms with van der Waals surface area (Å²) in [5.41, 5.74) is 0. The fourth-order valence-corrected chi connectivity index (χ4v) is 2.02. The predicted octanol–water partition coefficient (Wildman–Crippen LogP) is 0.759. The van der Waals surface area contributed by atoms with Crippen LogP contribution in [-0.4, -0.2) is 64.2 Å². The highest BCUT2D eigenvalue weighted by atomic mass is 16.5. The van der Waals surface area contributed by atoms with E-state index in [0.717, 1.165) is 39.3 Å². The van der Waals surface area contributed by atoms with Gasteiger partial charge in [-0.05, 0) is 13.3 Å². The van der Waals surface area contributed by atoms with Crippen LogP contribution in [0.5, 0.6) is 0 Å². The maximum absolute atomic E-state index is 5.48. The molecule has 0 bridgehead atoms. The second kappa shape index (κ2) is 7.17. The molecular weight excluding hydrogens is 194 g/mol. The quantitative estimate of drug-likeness (QED) is 0.630. The Morgan fingerprint density at radius 3 is 2.73 bits per heavy atom. The molecule has 0 saturated carbocycles. The van der Waals surface area contributed by atoms with E-state index in [1.54, 1.807) is 14.2 Å². The van der Waals surface area contributed by atoms with E-state index in [0.29, 0.717) is 12.1 Å². The molecule has 0 spiro atoms. The summed E-state index contributed by atoms with van der Waals surface area (Å²) in [6, 6.07) is 0.491. The van der Waals surface area contributed by atoms with Crippen molar-refractivity contribution in [2.75, 3.05) is 47.1 Å². The summed E-state index contributed by atoms with van der Waals surface area (Å²) in [7, 11) is 3.52. The second-order valence-electron chi connectivity index (χ2n) is 3.89. The molecule has 1 saturated heterocycles. The van der Waals surface area contributed by atoms with E-state index in [4.69, 9.17) is 14.2 Å². The summed E-state index contributed by atoms with van der Waals surface area (Å²) in [6.45, 7) is 6.36. The van der Waals surface area contributed by atoms with Gasteiger partial charge in [-0.15, -0.1) is 0 Å². The molecule has 0 amide bonds. The van der Waals surface area contributed by atoms with Crippen LogP contribution in [0.4, 0.5) is 0 Å². The van der Waals surface area contributed by atoms with Crippen LogP contribution < -0.4 is 0 Å². The van der Waals surface area contributed by atoms with E-state index in [-0.39, 0.29) is 0 Å². The molecule has 1 heterocycles. The van der Waals surface area contributed by atoms with Crippen molar-refractivity contribution in [3.63, 3.8) is 0 Å². The van der Waals surface area contributed by atoms with Crippen molar-refractivity contribution in [2.45, 2.75) is 25.5 Å². The van der Waals surface area contributed by atoms with Gasteiger partial charge < -0.3 is 14.2 Å². The van der Waals surface area contributed by atoms with Gasteiger partial charge in [0.05, 0.1) is 19.3 Å². The summed E-state index contributed by atoms with van der Waals surface area (Å²) in [4.78, 5) is 2.40. The van der Waals surface area contributed by atoms with Gasteiger partial charge in [0.15, 0.2) is 0 Å². The average molecular weight is 217 g/mol. The zero-order chi connectivity index (χ0) is 11.1. The van der Waals surface area contributed by atoms with Gasteiger partial charge in [-0.1, -0.05) is 0 Å². The van der Waals surface area contributed by atoms with E-state index >= 15 is 0 Å². The van der Waals surface area contributed by atoms with Crippen molar-refractivity contribution < 1.29 is 14.2 Å². The Balaban J connectivity index is 2.34. The molecule has 1 fully saturated rings. The van der Waals surface area contributed by atoms with Gasteiger partial charge in [-0.2, -0.15) is 0 Å². The van der Waals surface area contributed by atoms with Gasteiger partial charge in [0.1, 0.15) is 0 Å². The Morgan fingerprint density at radius 2 is 2.13 bits per heavy atom. The second-order valence-corrected chi connectivity index (χ2v) is 3.89. The van der Waals surface area contributed by atoms with Gasteiger partial charge >= 0.3 is 0 Å². The van der Waals surface area contributed by atoms with E-state index in [9.17, 15) is 0 Å². The zero-order valence-corrected chi connectivity index (χ0v) is 10.1. The fourth-order valence-electron chi connectivity index (χ4n) is 2.02. The summed E-state index contributed by atoms with van der Waals surface area (Å²) >= 11 is 0. The van der Waals surface area contributed by atoms with Crippen LogP contribution in [0.1, 0.15) is 13.3 Å². The molecule has 0 unspecified atom stereocenters. The van der Waals surface area contributed by atoms with Gasteiger partial charge in [0.2, 0.25) is 0 Å². The standard InChI is InChI=1S/C11H23NO3/c1-4-15-9-10-7-11(14-3)8-12(10)5-6-13-2/h10-11H,4-9H2,1-3H3/t10-,11+/m0/s1. The number of nitrogens with zero attached hydrogens (tertiary/aromatic N) is 1. The van der Waals surface area contributed by atoms with E-state index in [1.165, 1.54) is 0 Å². The number of hydrogen-bond acceptors (Lipinski definition) is 4. The molecule has 4 nitrogen and oxygen atoms in total. The van der Waals surface area contributed by atoms with Crippen LogP contribution in [0, 0.1) is 0 Å². The topological polar surface area (TPSA) is 30.9 Å². The van der Waals surface area contributed by atoms with Gasteiger partial charge in [-0.3, -0.25) is 4.90 Å². The first-order valence-corrected chi connectivity index (χ1v) is 5.65. The van der Waals surface area contributed by atoms with Gasteiger partial charge in [-0.25, -0.2) is 0 Å². The average Bonchev–Trinajstić information content (AvgIpc) is 2.66. The van der Waals surface area contributed by atoms with E-state index in [2.05, 4.69) is 4.90 Å². The van der Waals surface area contributed by atoms with E-state index < -0.39 is 0 Å². The van der Waals surface area contributed by atoms with Crippen LogP contribution in [0.2, 0.25) is 0 Å². The first kappa shape index (κ1) is 12.9. The third-order valence-electron chi connectivity index (χ3n) is 2.92. The molecule has 0 radical (unpaired) electrons. The van der Waals surface area contributed by atoms with Crippen molar-refractivity contribution in [1.82, 2.24) is 4.90 Å². The monoisotopic (exact) mass is 217 g/mol. The molecule has 0 aliphatic carbocycles. The molecule has 15 heavy (non-hydrogen) atoms. The smallest absolute Gasteiger partial charge is 0.0714 e. The molecule has 0 N–H and O–H groups in total. The first-order valence-electron chi connectivity index (χ1n) is 5.65. The maximum atomic E-state index is 5.48. The van der Waals surface area contributed by atoms with Crippen LogP contribution in [-0.2, 0) is 14.2 Å². The van der Waals surface area contributed by atoms with Crippen LogP contribution in [0.25, 0.3) is 0 Å². The molecule has 4 heteroatoms. The van der Waals surface area contributed by atoms with Crippen molar-refractivity contribution in [2.24, 2.45) is 0 Å². The molecule has 90 valence electrons. The third-order valence-corrected chi connectivity index (χ3v) is 2.92. The van der Waals surface area contributed by atoms with Gasteiger partial charge in [0.25, 0.3) is 0 Å². The number of ether oxygens (including phenoxy) is 3. The Labute approximate surface area is 92.5 Å². The van der Waals surface area contributed by atoms with Gasteiger partial charge in [0, 0.05) is 40.0 Å². The van der Waals surface area contributed by atoms with Crippen LogP contribution >= 0.6 is 0 Å². The zero-order valence-electron chi connectivity index (χ0n) is 10.1. The fraction of sp³-hybridized carbons (Fsp3) is 1.00. The minimum atomic E-state index is 0.354. The maximum Gasteiger partial charge on any atom is 0.0714 e. The highest BCUT2D eigenvalue weighted by Crippen LogP contribution is 2.19. The predicted molar refractivity (Wildman–Crippen MR) is 59.1 cm³/mol. The SMILES string of the molecule is CCOC[C@@H]1C[C@@H](OC)CN1CCOC. The molecule has 2 atom stereocenters. The Morgan fingerprint density at radius 1 is 1.33 bits per heavy atom. The van der Waals surface area contributed by atoms with Crippen molar-refractivity contribution in [1.29, 1.82) is 0 Å². The molecular formula is C11H23NO3. The number of rotatable bonds is 7. The summed E-state index contributed by atoms with van der Waals surface area (Å²) in [5.74, 6) is 0. The summed E-state index contributed by atoms with van der Waals surface area (Å²) < 4.78 is 16.0. The lowest BCUT2D eigenvalue weighted by Gasteiger charge is -2.23. The third kappa shape index (κ3) is 4.07. The number of methoxy groups -OCH3 is 2. The Hall–Kier alpha value is -0.160. The lowest BCUT2D eigenvalue weighted by atomic mass is 10.2. The van der Waals surface area contributed by atoms with Crippen molar-refractivity contribution in [3.05, 3.63) is 0 Å². The van der Waals surface area contributed by atoms with Crippen LogP contribution in [0.15, 0.2) is 0 Å². The molecule has 0 aromatic heterocycles. The number of hydrogen-bond donors (Lipinski definition) is 0. The first-order chi connectivity index (χ1) is 7.31. The highest BCUT2D eigenvalue weighted by Gasteiger charge is 2.31. The summed E-state index contributed by atoms with van der Waals surface area (Å²) in [6.07, 6.45) is 1.42. The minimum Gasteiger partial charge on any atom is -0.383 e. The molecule has 1 aliphatic rings.